The van der Waals surface area contributed by atoms with E-state index in [1.165, 1.54) is 18.2 Å². The maximum Gasteiger partial charge on any atom is 0.335 e. The number of carboxylic acid groups (broad SMARTS) is 1. The molecule has 0 aliphatic carbocycles. The lowest BCUT2D eigenvalue weighted by Crippen LogP contribution is -2.21. The minimum atomic E-state index is -1.16. The van der Waals surface area contributed by atoms with Crippen molar-refractivity contribution >= 4 is 14.0 Å². The Morgan fingerprint density at radius 1 is 1.25 bits per heavy atom. The van der Waals surface area contributed by atoms with Gasteiger partial charge in [-0.3, -0.25) is 4.79 Å². The molecule has 2 rings (SSSR count). The van der Waals surface area contributed by atoms with Gasteiger partial charge < -0.3 is 9.84 Å². The Hall–Kier alpha value is -2.25. The lowest BCUT2D eigenvalue weighted by atomic mass is 10.0. The molecule has 128 valence electrons. The van der Waals surface area contributed by atoms with Gasteiger partial charge in [0.2, 0.25) is 0 Å². The molecule has 24 heavy (non-hydrogen) atoms. The number of aromatic carboxylic acids is 1. The number of H-pyrrole nitrogens is 1. The van der Waals surface area contributed by atoms with Gasteiger partial charge in [0, 0.05) is 26.3 Å². The van der Waals surface area contributed by atoms with Crippen LogP contribution in [0, 0.1) is 0 Å². The summed E-state index contributed by atoms with van der Waals surface area (Å²) in [5.41, 5.74) is 1.92. The summed E-state index contributed by atoms with van der Waals surface area (Å²) in [6, 6.07) is 8.87. The van der Waals surface area contributed by atoms with Gasteiger partial charge in [-0.05, 0) is 23.7 Å². The van der Waals surface area contributed by atoms with Gasteiger partial charge in [-0.1, -0.05) is 31.8 Å². The lowest BCUT2D eigenvalue weighted by molar-refractivity contribution is 0.0697. The van der Waals surface area contributed by atoms with Crippen molar-refractivity contribution in [2.45, 2.75) is 32.3 Å². The fourth-order valence-electron chi connectivity index (χ4n) is 2.13. The summed E-state index contributed by atoms with van der Waals surface area (Å²) < 4.78 is 5.72. The number of hydrogen-bond acceptors (Lipinski definition) is 4. The number of benzene rings is 1. The normalized spacial score (nSPS) is 11.5. The van der Waals surface area contributed by atoms with Crippen molar-refractivity contribution < 1.29 is 14.6 Å². The number of nitrogens with zero attached hydrogens (tertiary/aromatic N) is 1. The first-order valence-electron chi connectivity index (χ1n) is 7.76. The average Bonchev–Trinajstić information content (AvgIpc) is 2.52. The molecule has 2 N–H and O–H groups in total. The molecule has 6 nitrogen and oxygen atoms in total. The Morgan fingerprint density at radius 2 is 1.92 bits per heavy atom. The molecule has 7 heteroatoms. The first-order valence-corrected chi connectivity index (χ1v) is 11.5. The Kier molecular flexibility index (Phi) is 5.69. The molecule has 1 aromatic heterocycles. The van der Waals surface area contributed by atoms with E-state index in [1.807, 2.05) is 0 Å². The SMILES string of the molecule is C[Si](C)(C)CCOCc1n[nH]c(=O)cc1-c1ccc(C(=O)O)cc1. The Labute approximate surface area is 141 Å². The predicted octanol–water partition coefficient (Wildman–Crippen LogP) is 2.99. The van der Waals surface area contributed by atoms with Gasteiger partial charge in [-0.2, -0.15) is 5.10 Å². The van der Waals surface area contributed by atoms with Crippen molar-refractivity contribution in [1.82, 2.24) is 10.2 Å². The van der Waals surface area contributed by atoms with Gasteiger partial charge >= 0.3 is 5.97 Å². The van der Waals surface area contributed by atoms with Crippen LogP contribution in [0.4, 0.5) is 0 Å². The topological polar surface area (TPSA) is 92.3 Å². The number of aromatic amines is 1. The van der Waals surface area contributed by atoms with Crippen molar-refractivity contribution in [2.75, 3.05) is 6.61 Å². The van der Waals surface area contributed by atoms with Gasteiger partial charge in [0.15, 0.2) is 0 Å². The van der Waals surface area contributed by atoms with E-state index < -0.39 is 14.0 Å². The summed E-state index contributed by atoms with van der Waals surface area (Å²) in [4.78, 5) is 22.5. The second kappa shape index (κ2) is 7.54. The predicted molar refractivity (Wildman–Crippen MR) is 95.1 cm³/mol. The minimum absolute atomic E-state index is 0.199. The molecule has 0 saturated carbocycles. The van der Waals surface area contributed by atoms with E-state index in [0.717, 1.165) is 11.6 Å². The van der Waals surface area contributed by atoms with Crippen LogP contribution in [0.3, 0.4) is 0 Å². The maximum absolute atomic E-state index is 11.6. The number of hydrogen-bond donors (Lipinski definition) is 2. The Morgan fingerprint density at radius 3 is 2.50 bits per heavy atom. The highest BCUT2D eigenvalue weighted by molar-refractivity contribution is 6.76. The summed E-state index contributed by atoms with van der Waals surface area (Å²) in [7, 11) is -1.16. The lowest BCUT2D eigenvalue weighted by Gasteiger charge is -2.15. The van der Waals surface area contributed by atoms with Crippen LogP contribution in [0.2, 0.25) is 25.7 Å². The van der Waals surface area contributed by atoms with Crippen molar-refractivity contribution in [1.29, 1.82) is 0 Å². The Bertz CT molecular complexity index is 763. The Balaban J connectivity index is 2.18. The number of ether oxygens (including phenoxy) is 1. The average molecular weight is 346 g/mol. The molecule has 0 saturated heterocycles. The van der Waals surface area contributed by atoms with E-state index in [2.05, 4.69) is 29.8 Å². The second-order valence-corrected chi connectivity index (χ2v) is 12.5. The van der Waals surface area contributed by atoms with E-state index in [1.54, 1.807) is 12.1 Å². The number of aromatic nitrogens is 2. The van der Waals surface area contributed by atoms with Crippen LogP contribution in [-0.4, -0.2) is 36.0 Å². The molecule has 0 fully saturated rings. The van der Waals surface area contributed by atoms with Gasteiger partial charge in [0.1, 0.15) is 0 Å². The smallest absolute Gasteiger partial charge is 0.335 e. The molecule has 0 aliphatic rings. The third kappa shape index (κ3) is 5.14. The second-order valence-electron chi connectivity index (χ2n) is 6.84. The zero-order valence-corrected chi connectivity index (χ0v) is 15.1. The maximum atomic E-state index is 11.6. The molecule has 0 aliphatic heterocycles. The number of rotatable bonds is 7. The first kappa shape index (κ1) is 18.1. The van der Waals surface area contributed by atoms with Gasteiger partial charge in [-0.15, -0.1) is 0 Å². The standard InChI is InChI=1S/C17H22N2O4Si/c1-24(2,3)9-8-23-11-15-14(10-16(20)19-18-15)12-4-6-13(7-5-12)17(21)22/h4-7,10H,8-9,11H2,1-3H3,(H,19,20)(H,21,22). The number of carbonyl (C=O) groups is 1. The van der Waals surface area contributed by atoms with Crippen LogP contribution in [0.5, 0.6) is 0 Å². The molecule has 2 aromatic rings. The molecule has 1 aromatic carbocycles. The van der Waals surface area contributed by atoms with E-state index in [-0.39, 0.29) is 11.1 Å². The van der Waals surface area contributed by atoms with Crippen LogP contribution >= 0.6 is 0 Å². The molecular formula is C17H22N2O4Si. The molecular weight excluding hydrogens is 324 g/mol. The number of carboxylic acids is 1. The largest absolute Gasteiger partial charge is 0.478 e. The van der Waals surface area contributed by atoms with Crippen LogP contribution in [0.15, 0.2) is 35.1 Å². The fraction of sp³-hybridized carbons (Fsp3) is 0.353. The summed E-state index contributed by atoms with van der Waals surface area (Å²) in [6.45, 7) is 7.81. The highest BCUT2D eigenvalue weighted by Crippen LogP contribution is 2.22. The number of nitrogens with one attached hydrogen (secondary N) is 1. The first-order chi connectivity index (χ1) is 11.3. The summed E-state index contributed by atoms with van der Waals surface area (Å²) in [5.74, 6) is -0.986. The van der Waals surface area contributed by atoms with E-state index >= 15 is 0 Å². The van der Waals surface area contributed by atoms with E-state index in [0.29, 0.717) is 24.5 Å². The van der Waals surface area contributed by atoms with E-state index in [4.69, 9.17) is 9.84 Å². The van der Waals surface area contributed by atoms with Gasteiger partial charge in [0.05, 0.1) is 17.9 Å². The highest BCUT2D eigenvalue weighted by atomic mass is 28.3. The monoisotopic (exact) mass is 346 g/mol. The third-order valence-electron chi connectivity index (χ3n) is 3.57. The van der Waals surface area contributed by atoms with Gasteiger partial charge in [0.25, 0.3) is 5.56 Å². The van der Waals surface area contributed by atoms with Crippen molar-refractivity contribution in [2.24, 2.45) is 0 Å². The minimum Gasteiger partial charge on any atom is -0.478 e. The third-order valence-corrected chi connectivity index (χ3v) is 5.27. The summed E-state index contributed by atoms with van der Waals surface area (Å²) in [5, 5.41) is 15.5. The van der Waals surface area contributed by atoms with Crippen LogP contribution in [-0.2, 0) is 11.3 Å². The van der Waals surface area contributed by atoms with Crippen molar-refractivity contribution in [3.05, 3.63) is 51.9 Å². The summed E-state index contributed by atoms with van der Waals surface area (Å²) >= 11 is 0. The molecule has 0 amide bonds. The van der Waals surface area contributed by atoms with Crippen LogP contribution in [0.1, 0.15) is 16.1 Å². The van der Waals surface area contributed by atoms with E-state index in [9.17, 15) is 9.59 Å². The molecule has 0 bridgehead atoms. The molecule has 0 unspecified atom stereocenters. The molecule has 0 atom stereocenters. The zero-order valence-electron chi connectivity index (χ0n) is 14.1. The molecule has 0 spiro atoms. The van der Waals surface area contributed by atoms with Crippen molar-refractivity contribution in [3.63, 3.8) is 0 Å². The van der Waals surface area contributed by atoms with Crippen molar-refractivity contribution in [3.8, 4) is 11.1 Å². The molecule has 0 radical (unpaired) electrons. The van der Waals surface area contributed by atoms with Crippen LogP contribution in [0.25, 0.3) is 11.1 Å². The van der Waals surface area contributed by atoms with Gasteiger partial charge in [-0.25, -0.2) is 9.89 Å². The quantitative estimate of drug-likeness (QED) is 0.594. The fourth-order valence-corrected chi connectivity index (χ4v) is 2.89. The highest BCUT2D eigenvalue weighted by Gasteiger charge is 2.14. The summed E-state index contributed by atoms with van der Waals surface area (Å²) in [6.07, 6.45) is 0. The van der Waals surface area contributed by atoms with Crippen LogP contribution < -0.4 is 5.56 Å². The zero-order chi connectivity index (χ0) is 17.7. The molecule has 1 heterocycles.